The van der Waals surface area contributed by atoms with Crippen molar-refractivity contribution in [2.24, 2.45) is 0 Å². The molecule has 2 amide bonds. The van der Waals surface area contributed by atoms with Crippen LogP contribution >= 0.6 is 11.6 Å². The van der Waals surface area contributed by atoms with Crippen LogP contribution in [-0.4, -0.2) is 43.3 Å². The largest absolute Gasteiger partial charge is 0.350 e. The Balaban J connectivity index is 1.84. The quantitative estimate of drug-likeness (QED) is 0.197. The van der Waals surface area contributed by atoms with Crippen molar-refractivity contribution in [1.82, 2.24) is 10.2 Å². The monoisotopic (exact) mass is 645 g/mol. The molecule has 0 fully saturated rings. The zero-order valence-corrected chi connectivity index (χ0v) is 27.9. The highest BCUT2D eigenvalue weighted by atomic mass is 35.5. The first kappa shape index (κ1) is 33.7. The molecule has 0 aliphatic heterocycles. The van der Waals surface area contributed by atoms with Crippen molar-refractivity contribution in [3.8, 4) is 0 Å². The van der Waals surface area contributed by atoms with Crippen LogP contribution in [0.1, 0.15) is 43.0 Å². The number of rotatable bonds is 11. The molecule has 4 rings (SSSR count). The number of amides is 2. The molecule has 9 heteroatoms. The normalized spacial score (nSPS) is 12.3. The molecule has 0 heterocycles. The van der Waals surface area contributed by atoms with Crippen LogP contribution < -0.4 is 9.62 Å². The summed E-state index contributed by atoms with van der Waals surface area (Å²) in [6.07, 6.45) is 0.216. The molecule has 1 N–H and O–H groups in total. The summed E-state index contributed by atoms with van der Waals surface area (Å²) in [5, 5.41) is 3.47. The second-order valence-corrected chi connectivity index (χ2v) is 14.4. The van der Waals surface area contributed by atoms with Gasteiger partial charge < -0.3 is 10.2 Å². The second-order valence-electron chi connectivity index (χ2n) is 12.2. The molecule has 0 radical (unpaired) electrons. The van der Waals surface area contributed by atoms with Gasteiger partial charge >= 0.3 is 0 Å². The number of carbonyl (C=O) groups excluding carboxylic acids is 2. The maximum atomic E-state index is 14.6. The second kappa shape index (κ2) is 14.3. The molecule has 1 atom stereocenters. The highest BCUT2D eigenvalue weighted by Gasteiger charge is 2.36. The average molecular weight is 646 g/mol. The molecule has 4 aromatic rings. The minimum Gasteiger partial charge on any atom is -0.350 e. The van der Waals surface area contributed by atoms with Crippen molar-refractivity contribution in [2.75, 3.05) is 10.8 Å². The van der Waals surface area contributed by atoms with Crippen LogP contribution in [0.15, 0.2) is 108 Å². The van der Waals surface area contributed by atoms with Crippen molar-refractivity contribution in [2.45, 2.75) is 64.1 Å². The van der Waals surface area contributed by atoms with Crippen molar-refractivity contribution in [3.05, 3.63) is 130 Å². The van der Waals surface area contributed by atoms with Gasteiger partial charge in [-0.3, -0.25) is 13.9 Å². The Morgan fingerprint density at radius 3 is 2.02 bits per heavy atom. The summed E-state index contributed by atoms with van der Waals surface area (Å²) in [6.45, 7) is 8.92. The Hall–Kier alpha value is -4.14. The fourth-order valence-corrected chi connectivity index (χ4v) is 6.57. The maximum Gasteiger partial charge on any atom is 0.264 e. The van der Waals surface area contributed by atoms with E-state index >= 15 is 0 Å². The molecule has 4 aromatic carbocycles. The van der Waals surface area contributed by atoms with Crippen LogP contribution in [-0.2, 0) is 32.6 Å². The minimum absolute atomic E-state index is 0.000278. The summed E-state index contributed by atoms with van der Waals surface area (Å²) in [5.74, 6) is -0.895. The number of hydrogen-bond acceptors (Lipinski definition) is 4. The van der Waals surface area contributed by atoms with Crippen LogP contribution in [0.3, 0.4) is 0 Å². The van der Waals surface area contributed by atoms with Crippen molar-refractivity contribution >= 4 is 39.1 Å². The Bertz CT molecular complexity index is 1740. The van der Waals surface area contributed by atoms with E-state index in [2.05, 4.69) is 5.32 Å². The van der Waals surface area contributed by atoms with Gasteiger partial charge in [-0.05, 0) is 87.2 Å². The minimum atomic E-state index is -4.17. The zero-order chi connectivity index (χ0) is 32.8. The van der Waals surface area contributed by atoms with Gasteiger partial charge in [-0.1, -0.05) is 84.4 Å². The lowest BCUT2D eigenvalue weighted by molar-refractivity contribution is -0.140. The van der Waals surface area contributed by atoms with Gasteiger partial charge in [0.15, 0.2) is 0 Å². The summed E-state index contributed by atoms with van der Waals surface area (Å²) in [7, 11) is -4.17. The maximum absolute atomic E-state index is 14.6. The fraction of sp³-hybridized carbons (Fsp3) is 0.278. The van der Waals surface area contributed by atoms with Crippen LogP contribution in [0.2, 0.25) is 5.02 Å². The van der Waals surface area contributed by atoms with Gasteiger partial charge in [0.05, 0.1) is 10.6 Å². The Labute approximate surface area is 271 Å². The first-order chi connectivity index (χ1) is 21.3. The first-order valence-electron chi connectivity index (χ1n) is 14.8. The summed E-state index contributed by atoms with van der Waals surface area (Å²) in [5.41, 5.74) is 3.14. The molecular weight excluding hydrogens is 606 g/mol. The van der Waals surface area contributed by atoms with Crippen LogP contribution in [0.5, 0.6) is 0 Å². The zero-order valence-electron chi connectivity index (χ0n) is 26.3. The lowest BCUT2D eigenvalue weighted by atomic mass is 10.0. The lowest BCUT2D eigenvalue weighted by Crippen LogP contribution is -2.56. The van der Waals surface area contributed by atoms with Crippen LogP contribution in [0, 0.1) is 13.8 Å². The van der Waals surface area contributed by atoms with E-state index in [1.165, 1.54) is 17.0 Å². The van der Waals surface area contributed by atoms with Gasteiger partial charge in [-0.2, -0.15) is 0 Å². The van der Waals surface area contributed by atoms with E-state index in [1.807, 2.05) is 77.1 Å². The summed E-state index contributed by atoms with van der Waals surface area (Å²) < 4.78 is 29.4. The van der Waals surface area contributed by atoms with Gasteiger partial charge in [0.1, 0.15) is 12.6 Å². The van der Waals surface area contributed by atoms with Crippen LogP contribution in [0.4, 0.5) is 5.69 Å². The highest BCUT2D eigenvalue weighted by molar-refractivity contribution is 7.92. The first-order valence-corrected chi connectivity index (χ1v) is 16.6. The third kappa shape index (κ3) is 8.74. The average Bonchev–Trinajstić information content (AvgIpc) is 3.00. The van der Waals surface area contributed by atoms with E-state index in [-0.39, 0.29) is 23.8 Å². The molecule has 236 valence electrons. The Morgan fingerprint density at radius 1 is 0.822 bits per heavy atom. The topological polar surface area (TPSA) is 86.8 Å². The van der Waals surface area contributed by atoms with Crippen molar-refractivity contribution in [3.63, 3.8) is 0 Å². The molecular formula is C36H40ClN3O4S. The number of hydrogen-bond donors (Lipinski definition) is 1. The van der Waals surface area contributed by atoms with Gasteiger partial charge in [0.25, 0.3) is 10.0 Å². The van der Waals surface area contributed by atoms with Crippen LogP contribution in [0.25, 0.3) is 0 Å². The SMILES string of the molecule is Cc1ccc(N(CC(=O)N(Cc2ccccc2Cl)C(Cc2ccccc2)C(=O)NC(C)(C)C)S(=O)(=O)c2ccccc2)cc1C. The summed E-state index contributed by atoms with van der Waals surface area (Å²) in [6, 6.07) is 28.9. The molecule has 0 aromatic heterocycles. The van der Waals surface area contributed by atoms with E-state index in [0.717, 1.165) is 21.0 Å². The molecule has 0 aliphatic carbocycles. The van der Waals surface area contributed by atoms with Gasteiger partial charge in [-0.15, -0.1) is 0 Å². The predicted molar refractivity (Wildman–Crippen MR) is 181 cm³/mol. The number of halogens is 1. The fourth-order valence-electron chi connectivity index (χ4n) is 4.95. The van der Waals surface area contributed by atoms with Gasteiger partial charge in [0.2, 0.25) is 11.8 Å². The molecule has 0 bridgehead atoms. The molecule has 45 heavy (non-hydrogen) atoms. The van der Waals surface area contributed by atoms with Gasteiger partial charge in [0, 0.05) is 23.5 Å². The number of aryl methyl sites for hydroxylation is 2. The van der Waals surface area contributed by atoms with E-state index in [4.69, 9.17) is 11.6 Å². The number of nitrogens with zero attached hydrogens (tertiary/aromatic N) is 2. The van der Waals surface area contributed by atoms with Crippen molar-refractivity contribution in [1.29, 1.82) is 0 Å². The number of carbonyl (C=O) groups is 2. The Kier molecular flexibility index (Phi) is 10.7. The number of anilines is 1. The third-order valence-corrected chi connectivity index (χ3v) is 9.61. The van der Waals surface area contributed by atoms with E-state index in [9.17, 15) is 18.0 Å². The molecule has 0 spiro atoms. The number of nitrogens with one attached hydrogen (secondary N) is 1. The lowest BCUT2D eigenvalue weighted by Gasteiger charge is -2.35. The number of benzene rings is 4. The smallest absolute Gasteiger partial charge is 0.264 e. The summed E-state index contributed by atoms with van der Waals surface area (Å²) in [4.78, 5) is 30.0. The molecule has 0 aliphatic rings. The van der Waals surface area contributed by atoms with E-state index in [0.29, 0.717) is 16.3 Å². The molecule has 1 unspecified atom stereocenters. The highest BCUT2D eigenvalue weighted by Crippen LogP contribution is 2.27. The van der Waals surface area contributed by atoms with E-state index < -0.39 is 34.1 Å². The molecule has 0 saturated carbocycles. The molecule has 7 nitrogen and oxygen atoms in total. The Morgan fingerprint density at radius 2 is 1.42 bits per heavy atom. The van der Waals surface area contributed by atoms with Crippen molar-refractivity contribution < 1.29 is 18.0 Å². The summed E-state index contributed by atoms with van der Waals surface area (Å²) >= 11 is 6.57. The standard InChI is InChI=1S/C36H40ClN3O4S/c1-26-20-21-30(22-27(26)2)40(45(43,44)31-17-10-7-11-18-31)25-34(41)39(24-29-16-12-13-19-32(29)37)33(35(42)38-36(3,4)5)23-28-14-8-6-9-15-28/h6-22,33H,23-25H2,1-5H3,(H,38,42). The predicted octanol–water partition coefficient (Wildman–Crippen LogP) is 6.71. The van der Waals surface area contributed by atoms with E-state index in [1.54, 1.807) is 48.5 Å². The third-order valence-electron chi connectivity index (χ3n) is 7.46. The molecule has 0 saturated heterocycles. The number of sulfonamides is 1. The van der Waals surface area contributed by atoms with Gasteiger partial charge in [-0.25, -0.2) is 8.42 Å².